The Bertz CT molecular complexity index is 1460. The van der Waals surface area contributed by atoms with E-state index in [0.717, 1.165) is 0 Å². The highest BCUT2D eigenvalue weighted by Crippen LogP contribution is 2.32. The van der Waals surface area contributed by atoms with Crippen LogP contribution in [0.2, 0.25) is 0 Å². The molecule has 4 heterocycles. The molecule has 12 nitrogen and oxygen atoms in total. The number of carbonyl (C=O) groups is 4. The van der Waals surface area contributed by atoms with E-state index in [0.29, 0.717) is 22.5 Å². The maximum Gasteiger partial charge on any atom is 0.359 e. The van der Waals surface area contributed by atoms with Crippen LogP contribution in [0.15, 0.2) is 24.3 Å². The number of pyridine rings is 2. The number of rotatable bonds is 5. The topological polar surface area (TPSA) is 140 Å². The monoisotopic (exact) mass is 494 g/mol. The molecule has 4 aromatic rings. The van der Waals surface area contributed by atoms with Gasteiger partial charge in [-0.25, -0.2) is 28.2 Å². The van der Waals surface area contributed by atoms with Gasteiger partial charge in [0.2, 0.25) is 0 Å². The largest absolute Gasteiger partial charge is 0.465 e. The van der Waals surface area contributed by atoms with Crippen molar-refractivity contribution in [2.45, 2.75) is 13.8 Å². The highest BCUT2D eigenvalue weighted by molar-refractivity contribution is 6.08. The molecule has 0 radical (unpaired) electrons. The number of aromatic nitrogens is 4. The SMILES string of the molecule is COC(=O)c1nn2c(-c3c(C)ccc4c(C(=O)OC)c(C(=O)OC)nn34)c(C)ccc2c1C(=O)OC. The molecule has 0 bridgehead atoms. The molecule has 0 aliphatic carbocycles. The van der Waals surface area contributed by atoms with Crippen LogP contribution in [0.5, 0.6) is 0 Å². The quantitative estimate of drug-likeness (QED) is 0.300. The lowest BCUT2D eigenvalue weighted by Crippen LogP contribution is -2.10. The van der Waals surface area contributed by atoms with Crippen molar-refractivity contribution in [3.63, 3.8) is 0 Å². The van der Waals surface area contributed by atoms with Gasteiger partial charge in [0.25, 0.3) is 0 Å². The zero-order valence-corrected chi connectivity index (χ0v) is 20.4. The average molecular weight is 494 g/mol. The molecule has 0 saturated heterocycles. The van der Waals surface area contributed by atoms with Gasteiger partial charge < -0.3 is 18.9 Å². The molecule has 0 aromatic carbocycles. The first kappa shape index (κ1) is 24.4. The lowest BCUT2D eigenvalue weighted by atomic mass is 10.1. The molecular weight excluding hydrogens is 472 g/mol. The molecule has 4 rings (SSSR count). The van der Waals surface area contributed by atoms with Crippen molar-refractivity contribution >= 4 is 34.9 Å². The van der Waals surface area contributed by atoms with Crippen molar-refractivity contribution < 1.29 is 38.1 Å². The fourth-order valence-electron chi connectivity index (χ4n) is 4.07. The summed E-state index contributed by atoms with van der Waals surface area (Å²) in [6, 6.07) is 6.74. The predicted molar refractivity (Wildman–Crippen MR) is 124 cm³/mol. The summed E-state index contributed by atoms with van der Waals surface area (Å²) in [5.74, 6) is -3.18. The van der Waals surface area contributed by atoms with Crippen LogP contribution in [-0.2, 0) is 18.9 Å². The number of methoxy groups -OCH3 is 4. The highest BCUT2D eigenvalue weighted by atomic mass is 16.5. The summed E-state index contributed by atoms with van der Waals surface area (Å²) in [4.78, 5) is 50.2. The second-order valence-electron chi connectivity index (χ2n) is 7.74. The summed E-state index contributed by atoms with van der Waals surface area (Å²) in [5, 5.41) is 8.77. The lowest BCUT2D eigenvalue weighted by molar-refractivity contribution is 0.0553. The number of aryl methyl sites for hydroxylation is 2. The third-order valence-electron chi connectivity index (χ3n) is 5.76. The normalized spacial score (nSPS) is 10.9. The molecular formula is C24H22N4O8. The third-order valence-corrected chi connectivity index (χ3v) is 5.76. The summed E-state index contributed by atoms with van der Waals surface area (Å²) >= 11 is 0. The third kappa shape index (κ3) is 3.54. The van der Waals surface area contributed by atoms with Gasteiger partial charge in [-0.15, -0.1) is 0 Å². The fourth-order valence-corrected chi connectivity index (χ4v) is 4.07. The Morgan fingerprint density at radius 1 is 0.583 bits per heavy atom. The van der Waals surface area contributed by atoms with Crippen molar-refractivity contribution in [2.24, 2.45) is 0 Å². The number of hydrogen-bond donors (Lipinski definition) is 0. The van der Waals surface area contributed by atoms with E-state index in [1.807, 2.05) is 0 Å². The van der Waals surface area contributed by atoms with Crippen LogP contribution in [0.3, 0.4) is 0 Å². The van der Waals surface area contributed by atoms with Gasteiger partial charge in [-0.1, -0.05) is 12.1 Å². The van der Waals surface area contributed by atoms with Crippen LogP contribution in [0, 0.1) is 13.8 Å². The summed E-state index contributed by atoms with van der Waals surface area (Å²) in [7, 11) is 4.74. The smallest absolute Gasteiger partial charge is 0.359 e. The number of ether oxygens (including phenoxy) is 4. The molecule has 0 amide bonds. The minimum absolute atomic E-state index is 0.0682. The number of carbonyl (C=O) groups excluding carboxylic acids is 4. The van der Waals surface area contributed by atoms with Crippen molar-refractivity contribution in [3.8, 4) is 11.4 Å². The highest BCUT2D eigenvalue weighted by Gasteiger charge is 2.31. The molecule has 186 valence electrons. The van der Waals surface area contributed by atoms with Crippen molar-refractivity contribution in [1.29, 1.82) is 0 Å². The molecule has 0 saturated carbocycles. The summed E-state index contributed by atoms with van der Waals surface area (Å²) in [6.45, 7) is 3.60. The Morgan fingerprint density at radius 2 is 0.917 bits per heavy atom. The maximum absolute atomic E-state index is 12.6. The molecule has 12 heteroatoms. The Kier molecular flexibility index (Phi) is 6.19. The van der Waals surface area contributed by atoms with Crippen LogP contribution in [0.25, 0.3) is 22.4 Å². The van der Waals surface area contributed by atoms with E-state index in [-0.39, 0.29) is 33.5 Å². The number of fused-ring (bicyclic) bond motifs is 2. The van der Waals surface area contributed by atoms with Gasteiger partial charge in [0.15, 0.2) is 11.4 Å². The number of esters is 4. The van der Waals surface area contributed by atoms with Gasteiger partial charge in [-0.3, -0.25) is 0 Å². The van der Waals surface area contributed by atoms with E-state index in [9.17, 15) is 19.2 Å². The average Bonchev–Trinajstić information content (AvgIpc) is 3.46. The van der Waals surface area contributed by atoms with E-state index in [4.69, 9.17) is 18.9 Å². The Labute approximate surface area is 204 Å². The fraction of sp³-hybridized carbons (Fsp3) is 0.250. The van der Waals surface area contributed by atoms with Crippen molar-refractivity contribution in [2.75, 3.05) is 28.4 Å². The van der Waals surface area contributed by atoms with Gasteiger partial charge >= 0.3 is 23.9 Å². The summed E-state index contributed by atoms with van der Waals surface area (Å²) in [5.41, 5.74) is 2.27. The van der Waals surface area contributed by atoms with E-state index in [1.54, 1.807) is 38.1 Å². The van der Waals surface area contributed by atoms with E-state index >= 15 is 0 Å². The van der Waals surface area contributed by atoms with Crippen LogP contribution >= 0.6 is 0 Å². The van der Waals surface area contributed by atoms with Gasteiger partial charge in [0.05, 0.1) is 50.9 Å². The molecule has 0 unspecified atom stereocenters. The van der Waals surface area contributed by atoms with Crippen LogP contribution in [0.4, 0.5) is 0 Å². The zero-order chi connectivity index (χ0) is 26.3. The van der Waals surface area contributed by atoms with Crippen molar-refractivity contribution in [3.05, 3.63) is 57.9 Å². The van der Waals surface area contributed by atoms with Crippen molar-refractivity contribution in [1.82, 2.24) is 19.2 Å². The first-order chi connectivity index (χ1) is 17.2. The van der Waals surface area contributed by atoms with Crippen LogP contribution < -0.4 is 0 Å². The second-order valence-corrected chi connectivity index (χ2v) is 7.74. The molecule has 0 N–H and O–H groups in total. The first-order valence-corrected chi connectivity index (χ1v) is 10.6. The minimum atomic E-state index is -0.822. The van der Waals surface area contributed by atoms with Gasteiger partial charge in [-0.2, -0.15) is 10.2 Å². The van der Waals surface area contributed by atoms with Gasteiger partial charge in [0.1, 0.15) is 11.1 Å². The molecule has 0 spiro atoms. The van der Waals surface area contributed by atoms with Crippen LogP contribution in [-0.4, -0.2) is 71.5 Å². The van der Waals surface area contributed by atoms with E-state index < -0.39 is 23.9 Å². The summed E-state index contributed by atoms with van der Waals surface area (Å²) < 4.78 is 22.2. The van der Waals surface area contributed by atoms with E-state index in [1.165, 1.54) is 37.5 Å². The lowest BCUT2D eigenvalue weighted by Gasteiger charge is -2.14. The molecule has 4 aromatic heterocycles. The molecule has 0 aliphatic heterocycles. The van der Waals surface area contributed by atoms with Gasteiger partial charge in [-0.05, 0) is 37.1 Å². The Balaban J connectivity index is 2.18. The number of hydrogen-bond acceptors (Lipinski definition) is 10. The second kappa shape index (κ2) is 9.13. The molecule has 0 fully saturated rings. The zero-order valence-electron chi connectivity index (χ0n) is 20.4. The predicted octanol–water partition coefficient (Wildman–Crippen LogP) is 2.41. The Morgan fingerprint density at radius 3 is 1.22 bits per heavy atom. The molecule has 0 aliphatic rings. The minimum Gasteiger partial charge on any atom is -0.465 e. The molecule has 0 atom stereocenters. The van der Waals surface area contributed by atoms with Crippen LogP contribution in [0.1, 0.15) is 52.8 Å². The van der Waals surface area contributed by atoms with Gasteiger partial charge in [0, 0.05) is 0 Å². The number of nitrogens with zero attached hydrogens (tertiary/aromatic N) is 4. The standard InChI is InChI=1S/C24H22N4O8/c1-11-7-9-13-15(21(29)33-3)17(23(31)35-5)25-27(13)19(11)20-12(2)8-10-14-16(22(30)34-4)18(24(32)36-6)26-28(14)20/h7-10H,1-6H3. The summed E-state index contributed by atoms with van der Waals surface area (Å²) in [6.07, 6.45) is 0. The maximum atomic E-state index is 12.6. The first-order valence-electron chi connectivity index (χ1n) is 10.6. The Hall–Kier alpha value is -4.74. The molecule has 36 heavy (non-hydrogen) atoms. The van der Waals surface area contributed by atoms with E-state index in [2.05, 4.69) is 10.2 Å².